The standard InChI is InChI=1S/C14H19FN4OS/c1-4-7-16-9(2)11-8-10(15)5-6-12(11)21-14-18-17-13(20)19(14)3/h5-6,8-9,16H,4,7H2,1-3H3,(H,17,20). The maximum Gasteiger partial charge on any atom is 0.343 e. The number of rotatable bonds is 6. The fraction of sp³-hybridized carbons (Fsp3) is 0.429. The summed E-state index contributed by atoms with van der Waals surface area (Å²) in [5, 5.41) is 10.3. The number of benzene rings is 1. The van der Waals surface area contributed by atoms with Gasteiger partial charge in [-0.2, -0.15) is 0 Å². The number of H-pyrrole nitrogens is 1. The van der Waals surface area contributed by atoms with Gasteiger partial charge in [0.2, 0.25) is 0 Å². The summed E-state index contributed by atoms with van der Waals surface area (Å²) >= 11 is 1.35. The first-order valence-electron chi connectivity index (χ1n) is 6.85. The maximum atomic E-state index is 13.5. The van der Waals surface area contributed by atoms with Gasteiger partial charge in [-0.05, 0) is 55.4 Å². The van der Waals surface area contributed by atoms with Crippen LogP contribution in [0.2, 0.25) is 0 Å². The normalized spacial score (nSPS) is 12.6. The molecule has 5 nitrogen and oxygen atoms in total. The van der Waals surface area contributed by atoms with E-state index in [4.69, 9.17) is 0 Å². The zero-order chi connectivity index (χ0) is 15.4. The zero-order valence-corrected chi connectivity index (χ0v) is 13.1. The van der Waals surface area contributed by atoms with Crippen molar-refractivity contribution in [2.75, 3.05) is 6.54 Å². The molecule has 0 saturated heterocycles. The summed E-state index contributed by atoms with van der Waals surface area (Å²) in [5.74, 6) is -0.268. The summed E-state index contributed by atoms with van der Waals surface area (Å²) < 4.78 is 15.0. The van der Waals surface area contributed by atoms with E-state index in [2.05, 4.69) is 22.4 Å². The Morgan fingerprint density at radius 3 is 2.90 bits per heavy atom. The molecule has 0 bridgehead atoms. The monoisotopic (exact) mass is 310 g/mol. The molecule has 0 fully saturated rings. The SMILES string of the molecule is CCCNC(C)c1cc(F)ccc1Sc1n[nH]c(=O)n1C. The average Bonchev–Trinajstić information content (AvgIpc) is 2.78. The van der Waals surface area contributed by atoms with Gasteiger partial charge in [0.1, 0.15) is 5.82 Å². The fourth-order valence-electron chi connectivity index (χ4n) is 1.94. The predicted molar refractivity (Wildman–Crippen MR) is 81.1 cm³/mol. The Labute approximate surface area is 127 Å². The summed E-state index contributed by atoms with van der Waals surface area (Å²) in [6, 6.07) is 4.70. The Morgan fingerprint density at radius 1 is 1.52 bits per heavy atom. The highest BCUT2D eigenvalue weighted by Gasteiger charge is 2.15. The van der Waals surface area contributed by atoms with Crippen molar-refractivity contribution in [3.05, 3.63) is 40.1 Å². The molecule has 114 valence electrons. The molecule has 21 heavy (non-hydrogen) atoms. The lowest BCUT2D eigenvalue weighted by Gasteiger charge is -2.17. The molecular formula is C14H19FN4OS. The molecule has 0 spiro atoms. The lowest BCUT2D eigenvalue weighted by atomic mass is 10.1. The van der Waals surface area contributed by atoms with Crippen LogP contribution in [0.1, 0.15) is 31.9 Å². The van der Waals surface area contributed by atoms with E-state index in [1.54, 1.807) is 13.1 Å². The Kier molecular flexibility index (Phi) is 5.19. The first kappa shape index (κ1) is 15.8. The van der Waals surface area contributed by atoms with Crippen molar-refractivity contribution >= 4 is 11.8 Å². The van der Waals surface area contributed by atoms with Crippen LogP contribution >= 0.6 is 11.8 Å². The highest BCUT2D eigenvalue weighted by molar-refractivity contribution is 7.99. The first-order chi connectivity index (χ1) is 10.0. The molecule has 0 amide bonds. The second-order valence-corrected chi connectivity index (χ2v) is 5.84. The van der Waals surface area contributed by atoms with E-state index >= 15 is 0 Å². The zero-order valence-electron chi connectivity index (χ0n) is 12.3. The van der Waals surface area contributed by atoms with Gasteiger partial charge in [0.25, 0.3) is 0 Å². The van der Waals surface area contributed by atoms with Gasteiger partial charge in [0, 0.05) is 18.0 Å². The van der Waals surface area contributed by atoms with Crippen LogP contribution in [-0.4, -0.2) is 21.3 Å². The van der Waals surface area contributed by atoms with Crippen LogP contribution in [0.4, 0.5) is 4.39 Å². The van der Waals surface area contributed by atoms with Crippen LogP contribution < -0.4 is 11.0 Å². The molecule has 0 aliphatic carbocycles. The van der Waals surface area contributed by atoms with Crippen LogP contribution in [0.3, 0.4) is 0 Å². The summed E-state index contributed by atoms with van der Waals surface area (Å²) in [4.78, 5) is 12.3. The van der Waals surface area contributed by atoms with Gasteiger partial charge >= 0.3 is 5.69 Å². The molecule has 0 aliphatic rings. The van der Waals surface area contributed by atoms with E-state index in [1.807, 2.05) is 6.92 Å². The Hall–Kier alpha value is -1.60. The smallest absolute Gasteiger partial charge is 0.310 e. The molecular weight excluding hydrogens is 291 g/mol. The van der Waals surface area contributed by atoms with Crippen molar-refractivity contribution in [1.82, 2.24) is 20.1 Å². The Balaban J connectivity index is 2.30. The molecule has 1 unspecified atom stereocenters. The van der Waals surface area contributed by atoms with Crippen molar-refractivity contribution in [3.8, 4) is 0 Å². The number of aromatic amines is 1. The summed E-state index contributed by atoms with van der Waals surface area (Å²) in [6.07, 6.45) is 1.01. The van der Waals surface area contributed by atoms with Crippen LogP contribution in [0.5, 0.6) is 0 Å². The summed E-state index contributed by atoms with van der Waals surface area (Å²) in [5.41, 5.74) is 0.599. The summed E-state index contributed by atoms with van der Waals surface area (Å²) in [7, 11) is 1.65. The lowest BCUT2D eigenvalue weighted by molar-refractivity contribution is 0.554. The van der Waals surface area contributed by atoms with Gasteiger partial charge < -0.3 is 5.32 Å². The van der Waals surface area contributed by atoms with Crippen molar-refractivity contribution in [3.63, 3.8) is 0 Å². The second-order valence-electron chi connectivity index (χ2n) is 4.83. The molecule has 1 heterocycles. The van der Waals surface area contributed by atoms with E-state index in [9.17, 15) is 9.18 Å². The van der Waals surface area contributed by atoms with Crippen molar-refractivity contribution in [2.24, 2.45) is 7.05 Å². The number of nitrogens with one attached hydrogen (secondary N) is 2. The molecule has 0 saturated carbocycles. The molecule has 1 aromatic carbocycles. The number of halogens is 1. The molecule has 7 heteroatoms. The number of nitrogens with zero attached hydrogens (tertiary/aromatic N) is 2. The van der Waals surface area contributed by atoms with E-state index in [0.717, 1.165) is 23.4 Å². The topological polar surface area (TPSA) is 62.7 Å². The lowest BCUT2D eigenvalue weighted by Crippen LogP contribution is -2.20. The molecule has 2 rings (SSSR count). The third-order valence-electron chi connectivity index (χ3n) is 3.18. The Bertz CT molecular complexity index is 667. The van der Waals surface area contributed by atoms with Crippen molar-refractivity contribution in [2.45, 2.75) is 36.4 Å². The maximum absolute atomic E-state index is 13.5. The molecule has 1 aromatic heterocycles. The van der Waals surface area contributed by atoms with Crippen LogP contribution in [0.15, 0.2) is 33.0 Å². The second kappa shape index (κ2) is 6.91. The minimum atomic E-state index is -0.268. The van der Waals surface area contributed by atoms with Gasteiger partial charge in [-0.3, -0.25) is 4.57 Å². The van der Waals surface area contributed by atoms with Crippen LogP contribution in [0, 0.1) is 5.82 Å². The van der Waals surface area contributed by atoms with Gasteiger partial charge in [0.15, 0.2) is 5.16 Å². The van der Waals surface area contributed by atoms with E-state index in [-0.39, 0.29) is 17.5 Å². The van der Waals surface area contributed by atoms with Crippen LogP contribution in [0.25, 0.3) is 0 Å². The highest BCUT2D eigenvalue weighted by atomic mass is 32.2. The Morgan fingerprint density at radius 2 is 2.29 bits per heavy atom. The highest BCUT2D eigenvalue weighted by Crippen LogP contribution is 2.32. The quantitative estimate of drug-likeness (QED) is 0.860. The molecule has 2 aromatic rings. The molecule has 1 atom stereocenters. The average molecular weight is 310 g/mol. The largest absolute Gasteiger partial charge is 0.343 e. The summed E-state index contributed by atoms with van der Waals surface area (Å²) in [6.45, 7) is 4.95. The van der Waals surface area contributed by atoms with E-state index in [1.165, 1.54) is 28.5 Å². The molecule has 2 N–H and O–H groups in total. The van der Waals surface area contributed by atoms with E-state index in [0.29, 0.717) is 5.16 Å². The number of hydrogen-bond acceptors (Lipinski definition) is 4. The molecule has 0 aliphatic heterocycles. The van der Waals surface area contributed by atoms with Crippen molar-refractivity contribution < 1.29 is 4.39 Å². The minimum Gasteiger partial charge on any atom is -0.310 e. The fourth-order valence-corrected chi connectivity index (χ4v) is 2.94. The predicted octanol–water partition coefficient (Wildman–Crippen LogP) is 2.46. The third-order valence-corrected chi connectivity index (χ3v) is 4.32. The van der Waals surface area contributed by atoms with Crippen LogP contribution in [-0.2, 0) is 7.05 Å². The number of hydrogen-bond donors (Lipinski definition) is 2. The van der Waals surface area contributed by atoms with Gasteiger partial charge in [-0.15, -0.1) is 5.10 Å². The van der Waals surface area contributed by atoms with E-state index < -0.39 is 0 Å². The first-order valence-corrected chi connectivity index (χ1v) is 7.66. The van der Waals surface area contributed by atoms with Gasteiger partial charge in [-0.25, -0.2) is 14.3 Å². The third kappa shape index (κ3) is 3.74. The number of aromatic nitrogens is 3. The van der Waals surface area contributed by atoms with Gasteiger partial charge in [0.05, 0.1) is 0 Å². The van der Waals surface area contributed by atoms with Crippen molar-refractivity contribution in [1.29, 1.82) is 0 Å². The minimum absolute atomic E-state index is 0.0270. The molecule has 0 radical (unpaired) electrons. The van der Waals surface area contributed by atoms with Gasteiger partial charge in [-0.1, -0.05) is 6.92 Å².